The molecule has 0 spiro atoms. The smallest absolute Gasteiger partial charge is 0.240 e. The molecule has 0 saturated carbocycles. The maximum absolute atomic E-state index is 12.0. The molecule has 0 aliphatic rings. The van der Waals surface area contributed by atoms with Crippen LogP contribution in [-0.4, -0.2) is 18.0 Å². The highest BCUT2D eigenvalue weighted by atomic mass is 35.5. The molecule has 6 nitrogen and oxygen atoms in total. The summed E-state index contributed by atoms with van der Waals surface area (Å²) >= 11 is 5.89. The molecule has 0 radical (unpaired) electrons. The molecule has 7 heteroatoms. The topological polar surface area (TPSA) is 79.8 Å². The molecule has 158 valence electrons. The van der Waals surface area contributed by atoms with Crippen LogP contribution in [0.1, 0.15) is 24.0 Å². The number of hydrogen-bond acceptors (Lipinski definition) is 4. The van der Waals surface area contributed by atoms with Crippen molar-refractivity contribution in [2.75, 3.05) is 5.32 Å². The zero-order valence-electron chi connectivity index (χ0n) is 16.8. The van der Waals surface area contributed by atoms with E-state index in [0.29, 0.717) is 23.1 Å². The first-order chi connectivity index (χ1) is 15.1. The largest absolute Gasteiger partial charge is 0.488 e. The molecule has 31 heavy (non-hydrogen) atoms. The van der Waals surface area contributed by atoms with Crippen LogP contribution in [0.4, 0.5) is 5.69 Å². The van der Waals surface area contributed by atoms with E-state index in [1.165, 1.54) is 6.21 Å². The number of ether oxygens (including phenoxy) is 1. The predicted molar refractivity (Wildman–Crippen MR) is 122 cm³/mol. The van der Waals surface area contributed by atoms with Gasteiger partial charge in [-0.15, -0.1) is 0 Å². The lowest BCUT2D eigenvalue weighted by Gasteiger charge is -2.09. The van der Waals surface area contributed by atoms with Gasteiger partial charge in [-0.3, -0.25) is 9.59 Å². The lowest BCUT2D eigenvalue weighted by atomic mass is 10.2. The van der Waals surface area contributed by atoms with E-state index in [0.717, 1.165) is 11.1 Å². The molecule has 0 aromatic heterocycles. The van der Waals surface area contributed by atoms with Gasteiger partial charge in [0.15, 0.2) is 0 Å². The average molecular weight is 436 g/mol. The summed E-state index contributed by atoms with van der Waals surface area (Å²) in [5.74, 6) is 0.0199. The molecule has 3 aromatic carbocycles. The fourth-order valence-electron chi connectivity index (χ4n) is 2.70. The van der Waals surface area contributed by atoms with Gasteiger partial charge in [-0.05, 0) is 35.9 Å². The van der Waals surface area contributed by atoms with Crippen LogP contribution in [0.25, 0.3) is 0 Å². The molecule has 0 aliphatic carbocycles. The third-order valence-corrected chi connectivity index (χ3v) is 4.47. The summed E-state index contributed by atoms with van der Waals surface area (Å²) in [5.41, 5.74) is 4.81. The van der Waals surface area contributed by atoms with Crippen molar-refractivity contribution in [3.8, 4) is 5.75 Å². The highest BCUT2D eigenvalue weighted by Gasteiger charge is 2.07. The third-order valence-electron chi connectivity index (χ3n) is 4.24. The fourth-order valence-corrected chi connectivity index (χ4v) is 2.89. The second-order valence-corrected chi connectivity index (χ2v) is 7.10. The number of amides is 2. The minimum Gasteiger partial charge on any atom is -0.488 e. The molecule has 3 rings (SSSR count). The van der Waals surface area contributed by atoms with Crippen molar-refractivity contribution in [1.82, 2.24) is 5.43 Å². The number of nitrogens with one attached hydrogen (secondary N) is 2. The number of hydrazone groups is 1. The number of rotatable bonds is 9. The third kappa shape index (κ3) is 7.60. The van der Waals surface area contributed by atoms with E-state index in [-0.39, 0.29) is 24.7 Å². The van der Waals surface area contributed by atoms with Gasteiger partial charge in [0, 0.05) is 29.1 Å². The number of para-hydroxylation sites is 1. The van der Waals surface area contributed by atoms with Crippen molar-refractivity contribution in [1.29, 1.82) is 0 Å². The number of benzene rings is 3. The van der Waals surface area contributed by atoms with E-state index in [4.69, 9.17) is 16.3 Å². The van der Waals surface area contributed by atoms with Gasteiger partial charge >= 0.3 is 0 Å². The molecule has 0 bridgehead atoms. The summed E-state index contributed by atoms with van der Waals surface area (Å²) < 4.78 is 5.86. The Balaban J connectivity index is 1.45. The monoisotopic (exact) mass is 435 g/mol. The quantitative estimate of drug-likeness (QED) is 0.374. The molecule has 3 aromatic rings. The number of nitrogens with zero attached hydrogens (tertiary/aromatic N) is 1. The normalized spacial score (nSPS) is 10.6. The van der Waals surface area contributed by atoms with Crippen molar-refractivity contribution in [2.24, 2.45) is 5.10 Å². The fraction of sp³-hybridized carbons (Fsp3) is 0.125. The van der Waals surface area contributed by atoms with Crippen LogP contribution in [0, 0.1) is 0 Å². The van der Waals surface area contributed by atoms with Crippen molar-refractivity contribution in [3.63, 3.8) is 0 Å². The summed E-state index contributed by atoms with van der Waals surface area (Å²) in [6, 6.07) is 24.1. The maximum atomic E-state index is 12.0. The number of hydrogen-bond donors (Lipinski definition) is 2. The van der Waals surface area contributed by atoms with E-state index >= 15 is 0 Å². The van der Waals surface area contributed by atoms with Gasteiger partial charge in [-0.25, -0.2) is 5.43 Å². The minimum atomic E-state index is -0.361. The highest BCUT2D eigenvalue weighted by molar-refractivity contribution is 6.30. The summed E-state index contributed by atoms with van der Waals surface area (Å²) in [4.78, 5) is 24.0. The Hall–Kier alpha value is -3.64. The van der Waals surface area contributed by atoms with Crippen molar-refractivity contribution >= 4 is 35.3 Å². The molecule has 2 amide bonds. The van der Waals surface area contributed by atoms with Gasteiger partial charge in [-0.1, -0.05) is 60.1 Å². The van der Waals surface area contributed by atoms with Gasteiger partial charge in [0.05, 0.1) is 6.21 Å². The van der Waals surface area contributed by atoms with Gasteiger partial charge in [0.25, 0.3) is 0 Å². The molecule has 0 aliphatic heterocycles. The highest BCUT2D eigenvalue weighted by Crippen LogP contribution is 2.18. The molecular formula is C24H22ClN3O3. The lowest BCUT2D eigenvalue weighted by molar-refractivity contribution is -0.124. The molecule has 0 atom stereocenters. The van der Waals surface area contributed by atoms with E-state index in [1.54, 1.807) is 24.3 Å². The van der Waals surface area contributed by atoms with E-state index in [9.17, 15) is 9.59 Å². The standard InChI is InChI=1S/C24H22ClN3O3/c25-20-10-6-11-21(15-20)27-23(29)13-14-24(30)28-26-16-19-9-4-5-12-22(19)31-17-18-7-2-1-3-8-18/h1-12,15-16H,13-14,17H2,(H,27,29)(H,28,30). The van der Waals surface area contributed by atoms with Crippen molar-refractivity contribution in [3.05, 3.63) is 95.0 Å². The Morgan fingerprint density at radius 3 is 2.45 bits per heavy atom. The lowest BCUT2D eigenvalue weighted by Crippen LogP contribution is -2.20. The first-order valence-corrected chi connectivity index (χ1v) is 10.1. The van der Waals surface area contributed by atoms with Crippen molar-refractivity contribution < 1.29 is 14.3 Å². The van der Waals surface area contributed by atoms with E-state index in [2.05, 4.69) is 15.8 Å². The van der Waals surface area contributed by atoms with Crippen LogP contribution in [0.2, 0.25) is 5.02 Å². The van der Waals surface area contributed by atoms with Crippen LogP contribution in [0.5, 0.6) is 5.75 Å². The number of anilines is 1. The van der Waals surface area contributed by atoms with Gasteiger partial charge in [0.1, 0.15) is 12.4 Å². The van der Waals surface area contributed by atoms with E-state index < -0.39 is 0 Å². The maximum Gasteiger partial charge on any atom is 0.240 e. The molecular weight excluding hydrogens is 414 g/mol. The van der Waals surface area contributed by atoms with Gasteiger partial charge < -0.3 is 10.1 Å². The van der Waals surface area contributed by atoms with Crippen LogP contribution in [0.15, 0.2) is 84.0 Å². The summed E-state index contributed by atoms with van der Waals surface area (Å²) in [7, 11) is 0. The zero-order chi connectivity index (χ0) is 21.9. The van der Waals surface area contributed by atoms with E-state index in [1.807, 2.05) is 54.6 Å². The van der Waals surface area contributed by atoms with Gasteiger partial charge in [0.2, 0.25) is 11.8 Å². The molecule has 0 heterocycles. The number of carbonyl (C=O) groups excluding carboxylic acids is 2. The first-order valence-electron chi connectivity index (χ1n) is 9.73. The first kappa shape index (κ1) is 22.1. The second-order valence-electron chi connectivity index (χ2n) is 6.66. The molecule has 0 saturated heterocycles. The Kier molecular flexibility index (Phi) is 8.20. The Morgan fingerprint density at radius 1 is 0.903 bits per heavy atom. The van der Waals surface area contributed by atoms with Gasteiger partial charge in [-0.2, -0.15) is 5.10 Å². The van der Waals surface area contributed by atoms with Crippen LogP contribution in [-0.2, 0) is 16.2 Å². The average Bonchev–Trinajstić information content (AvgIpc) is 2.78. The summed E-state index contributed by atoms with van der Waals surface area (Å²) in [6.45, 7) is 0.430. The van der Waals surface area contributed by atoms with Crippen LogP contribution in [0.3, 0.4) is 0 Å². The minimum absolute atomic E-state index is 0.00981. The number of halogens is 1. The Morgan fingerprint density at radius 2 is 1.65 bits per heavy atom. The molecule has 0 unspecified atom stereocenters. The predicted octanol–water partition coefficient (Wildman–Crippen LogP) is 4.79. The van der Waals surface area contributed by atoms with Crippen molar-refractivity contribution in [2.45, 2.75) is 19.4 Å². The second kappa shape index (κ2) is 11.5. The number of carbonyl (C=O) groups is 2. The summed E-state index contributed by atoms with van der Waals surface area (Å²) in [6.07, 6.45) is 1.56. The molecule has 2 N–H and O–H groups in total. The zero-order valence-corrected chi connectivity index (χ0v) is 17.5. The summed E-state index contributed by atoms with van der Waals surface area (Å²) in [5, 5.41) is 7.20. The Labute approximate surface area is 185 Å². The Bertz CT molecular complexity index is 1050. The van der Waals surface area contributed by atoms with Crippen LogP contribution >= 0.6 is 11.6 Å². The van der Waals surface area contributed by atoms with Crippen LogP contribution < -0.4 is 15.5 Å². The SMILES string of the molecule is O=C(CCC(=O)Nc1cccc(Cl)c1)NN=Cc1ccccc1OCc1ccccc1. The molecule has 0 fully saturated rings.